The number of hydrogen-bond donors (Lipinski definition) is 0. The molecule has 6 rings (SSSR count). The molecule has 0 aromatic carbocycles. The Kier molecular flexibility index (Phi) is 3.63. The molecule has 0 amide bonds. The molecule has 0 atom stereocenters. The molecule has 5 aromatic heterocycles. The standard InChI is InChI=1S/C21H15N9/c1-2-5-15-16(6-3-1)30(17-7-4-8-24-18(15)17)21-26-19(28-11-9-22-13-28)25-20(27-21)29-12-10-23-14-29/h2-14H,1H2. The second-order valence-electron chi connectivity index (χ2n) is 6.72. The summed E-state index contributed by atoms with van der Waals surface area (Å²) in [6.07, 6.45) is 21.4. The van der Waals surface area contributed by atoms with Gasteiger partial charge in [-0.1, -0.05) is 18.2 Å². The predicted octanol–water partition coefficient (Wildman–Crippen LogP) is 3.01. The van der Waals surface area contributed by atoms with E-state index in [0.717, 1.165) is 28.7 Å². The summed E-state index contributed by atoms with van der Waals surface area (Å²) in [7, 11) is 0. The van der Waals surface area contributed by atoms with Crippen LogP contribution in [0, 0.1) is 0 Å². The monoisotopic (exact) mass is 393 g/mol. The molecule has 1 aliphatic carbocycles. The zero-order valence-electron chi connectivity index (χ0n) is 15.7. The highest BCUT2D eigenvalue weighted by molar-refractivity contribution is 5.92. The van der Waals surface area contributed by atoms with E-state index in [-0.39, 0.29) is 0 Å². The van der Waals surface area contributed by atoms with E-state index in [1.807, 2.05) is 16.7 Å². The highest BCUT2D eigenvalue weighted by atomic mass is 15.3. The van der Waals surface area contributed by atoms with Crippen LogP contribution in [0.5, 0.6) is 0 Å². The van der Waals surface area contributed by atoms with Gasteiger partial charge in [-0.3, -0.25) is 18.7 Å². The topological polar surface area (TPSA) is 92.1 Å². The minimum absolute atomic E-state index is 0.467. The first-order valence-electron chi connectivity index (χ1n) is 9.44. The van der Waals surface area contributed by atoms with Crippen molar-refractivity contribution in [2.45, 2.75) is 6.42 Å². The fourth-order valence-corrected chi connectivity index (χ4v) is 3.57. The van der Waals surface area contributed by atoms with E-state index in [0.29, 0.717) is 17.8 Å². The first-order chi connectivity index (χ1) is 14.9. The lowest BCUT2D eigenvalue weighted by molar-refractivity contribution is 0.803. The van der Waals surface area contributed by atoms with Crippen LogP contribution < -0.4 is 0 Å². The molecular formula is C21H15N9. The highest BCUT2D eigenvalue weighted by Crippen LogP contribution is 2.31. The number of allylic oxidation sites excluding steroid dienone is 2. The maximum absolute atomic E-state index is 4.76. The Labute approximate surface area is 170 Å². The Hall–Kier alpha value is -4.40. The summed E-state index contributed by atoms with van der Waals surface area (Å²) in [5.41, 5.74) is 3.87. The Bertz CT molecular complexity index is 1350. The van der Waals surface area contributed by atoms with Gasteiger partial charge in [-0.2, -0.15) is 15.0 Å². The highest BCUT2D eigenvalue weighted by Gasteiger charge is 2.20. The van der Waals surface area contributed by atoms with Gasteiger partial charge in [0.05, 0.1) is 16.7 Å². The van der Waals surface area contributed by atoms with Gasteiger partial charge in [-0.15, -0.1) is 0 Å². The van der Waals surface area contributed by atoms with Crippen LogP contribution in [0.1, 0.15) is 17.7 Å². The average molecular weight is 393 g/mol. The first kappa shape index (κ1) is 16.5. The largest absolute Gasteiger partial charge is 0.276 e. The van der Waals surface area contributed by atoms with Crippen molar-refractivity contribution < 1.29 is 0 Å². The number of hydrogen-bond acceptors (Lipinski definition) is 6. The van der Waals surface area contributed by atoms with Gasteiger partial charge in [0.25, 0.3) is 0 Å². The van der Waals surface area contributed by atoms with Gasteiger partial charge in [0.15, 0.2) is 0 Å². The van der Waals surface area contributed by atoms with Crippen LogP contribution in [0.4, 0.5) is 0 Å². The first-order valence-corrected chi connectivity index (χ1v) is 9.44. The van der Waals surface area contributed by atoms with E-state index < -0.39 is 0 Å². The maximum Gasteiger partial charge on any atom is 0.241 e. The number of pyridine rings is 1. The Balaban J connectivity index is 1.68. The molecule has 5 aromatic rings. The molecule has 9 heteroatoms. The molecule has 0 spiro atoms. The third kappa shape index (κ3) is 2.56. The molecule has 0 unspecified atom stereocenters. The van der Waals surface area contributed by atoms with Crippen LogP contribution in [0.3, 0.4) is 0 Å². The third-order valence-electron chi connectivity index (χ3n) is 4.90. The smallest absolute Gasteiger partial charge is 0.241 e. The van der Waals surface area contributed by atoms with E-state index in [2.05, 4.69) is 44.2 Å². The van der Waals surface area contributed by atoms with Gasteiger partial charge in [0, 0.05) is 36.5 Å². The van der Waals surface area contributed by atoms with Crippen LogP contribution in [0.15, 0.2) is 67.9 Å². The molecule has 0 N–H and O–H groups in total. The molecular weight excluding hydrogens is 378 g/mol. The number of imidazole rings is 2. The van der Waals surface area contributed by atoms with E-state index in [1.165, 1.54) is 0 Å². The third-order valence-corrected chi connectivity index (χ3v) is 4.90. The average Bonchev–Trinajstić information content (AvgIpc) is 3.52. The van der Waals surface area contributed by atoms with Crippen LogP contribution >= 0.6 is 0 Å². The van der Waals surface area contributed by atoms with E-state index in [9.17, 15) is 0 Å². The Morgan fingerprint density at radius 2 is 1.47 bits per heavy atom. The van der Waals surface area contributed by atoms with Crippen molar-refractivity contribution in [1.82, 2.24) is 43.6 Å². The zero-order chi connectivity index (χ0) is 19.9. The van der Waals surface area contributed by atoms with Gasteiger partial charge < -0.3 is 0 Å². The molecule has 0 aliphatic heterocycles. The molecule has 1 aliphatic rings. The summed E-state index contributed by atoms with van der Waals surface area (Å²) < 4.78 is 5.53. The second-order valence-corrected chi connectivity index (χ2v) is 6.72. The zero-order valence-corrected chi connectivity index (χ0v) is 15.7. The number of fused-ring (bicyclic) bond motifs is 3. The quantitative estimate of drug-likeness (QED) is 0.468. The minimum atomic E-state index is 0.467. The maximum atomic E-state index is 4.76. The second kappa shape index (κ2) is 6.59. The van der Waals surface area contributed by atoms with E-state index in [4.69, 9.17) is 9.97 Å². The van der Waals surface area contributed by atoms with Gasteiger partial charge in [-0.05, 0) is 24.6 Å². The fraction of sp³-hybridized carbons (Fsp3) is 0.0476. The SMILES string of the molecule is C1=Cc2c(n(-c3nc(-n4ccnc4)nc(-n4ccnc4)n3)c3cccnc23)C=CC1. The number of rotatable bonds is 3. The van der Waals surface area contributed by atoms with Gasteiger partial charge in [0.1, 0.15) is 12.7 Å². The van der Waals surface area contributed by atoms with Crippen molar-refractivity contribution in [2.24, 2.45) is 0 Å². The molecule has 0 saturated heterocycles. The van der Waals surface area contributed by atoms with Gasteiger partial charge in [0.2, 0.25) is 17.8 Å². The summed E-state index contributed by atoms with van der Waals surface area (Å²) in [5.74, 6) is 1.43. The van der Waals surface area contributed by atoms with Crippen LogP contribution in [-0.4, -0.2) is 43.6 Å². The van der Waals surface area contributed by atoms with Crippen LogP contribution in [-0.2, 0) is 0 Å². The van der Waals surface area contributed by atoms with Crippen molar-refractivity contribution in [3.63, 3.8) is 0 Å². The van der Waals surface area contributed by atoms with Crippen LogP contribution in [0.25, 0.3) is 41.0 Å². The Morgan fingerprint density at radius 3 is 2.17 bits per heavy atom. The molecule has 0 saturated carbocycles. The fourth-order valence-electron chi connectivity index (χ4n) is 3.57. The van der Waals surface area contributed by atoms with Gasteiger partial charge >= 0.3 is 0 Å². The van der Waals surface area contributed by atoms with Crippen molar-refractivity contribution in [3.05, 3.63) is 79.2 Å². The number of nitrogens with zero attached hydrogens (tertiary/aromatic N) is 9. The summed E-state index contributed by atoms with van der Waals surface area (Å²) in [4.78, 5) is 27.0. The summed E-state index contributed by atoms with van der Waals surface area (Å²) in [6, 6.07) is 3.94. The number of aromatic nitrogens is 9. The van der Waals surface area contributed by atoms with E-state index >= 15 is 0 Å². The summed E-state index contributed by atoms with van der Waals surface area (Å²) >= 11 is 0. The van der Waals surface area contributed by atoms with Crippen molar-refractivity contribution in [3.8, 4) is 17.8 Å². The minimum Gasteiger partial charge on any atom is -0.276 e. The lowest BCUT2D eigenvalue weighted by Gasteiger charge is -2.11. The van der Waals surface area contributed by atoms with Crippen molar-refractivity contribution in [2.75, 3.05) is 0 Å². The molecule has 0 bridgehead atoms. The lowest BCUT2D eigenvalue weighted by Crippen LogP contribution is -2.12. The van der Waals surface area contributed by atoms with Crippen molar-refractivity contribution >= 4 is 23.2 Å². The Morgan fingerprint density at radius 1 is 0.767 bits per heavy atom. The van der Waals surface area contributed by atoms with E-state index in [1.54, 1.807) is 52.8 Å². The summed E-state index contributed by atoms with van der Waals surface area (Å²) in [6.45, 7) is 0. The molecule has 0 radical (unpaired) electrons. The van der Waals surface area contributed by atoms with Crippen LogP contribution in [0.2, 0.25) is 0 Å². The normalized spacial score (nSPS) is 12.9. The molecule has 0 fully saturated rings. The summed E-state index contributed by atoms with van der Waals surface area (Å²) in [5, 5.41) is 0. The van der Waals surface area contributed by atoms with Crippen molar-refractivity contribution in [1.29, 1.82) is 0 Å². The lowest BCUT2D eigenvalue weighted by atomic mass is 10.2. The molecule has 30 heavy (non-hydrogen) atoms. The molecule has 9 nitrogen and oxygen atoms in total. The predicted molar refractivity (Wildman–Crippen MR) is 111 cm³/mol. The van der Waals surface area contributed by atoms with Gasteiger partial charge in [-0.25, -0.2) is 9.97 Å². The molecule has 5 heterocycles. The molecule has 144 valence electrons.